The van der Waals surface area contributed by atoms with E-state index in [1.54, 1.807) is 18.2 Å². The van der Waals surface area contributed by atoms with Gasteiger partial charge in [0, 0.05) is 0 Å². The zero-order valence-electron chi connectivity index (χ0n) is 16.4. The molecule has 0 aliphatic rings. The molecule has 0 aliphatic heterocycles. The number of benzene rings is 2. The van der Waals surface area contributed by atoms with Crippen LogP contribution in [0.15, 0.2) is 42.5 Å². The van der Waals surface area contributed by atoms with Gasteiger partial charge in [0.1, 0.15) is 11.4 Å². The summed E-state index contributed by atoms with van der Waals surface area (Å²) in [7, 11) is 1.51. The lowest BCUT2D eigenvalue weighted by Crippen LogP contribution is -2.32. The number of anilines is 2. The molecule has 0 radical (unpaired) electrons. The van der Waals surface area contributed by atoms with Gasteiger partial charge in [0.05, 0.1) is 24.9 Å². The molecule has 0 heterocycles. The number of para-hydroxylation sites is 1. The van der Waals surface area contributed by atoms with Crippen molar-refractivity contribution in [2.24, 2.45) is 5.73 Å². The highest BCUT2D eigenvalue weighted by Gasteiger charge is 2.22. The second kappa shape index (κ2) is 8.12. The van der Waals surface area contributed by atoms with Crippen molar-refractivity contribution in [1.82, 2.24) is 0 Å². The molecule has 0 bridgehead atoms. The van der Waals surface area contributed by atoms with E-state index < -0.39 is 11.6 Å². The fourth-order valence-electron chi connectivity index (χ4n) is 2.74. The number of aryl methyl sites for hydroxylation is 1. The zero-order chi connectivity index (χ0) is 20.2. The molecule has 6 heteroatoms. The number of nitrogens with zero attached hydrogens (tertiary/aromatic N) is 1. The molecule has 6 nitrogen and oxygen atoms in total. The maximum Gasteiger partial charge on any atom is 0.324 e. The average Bonchev–Trinajstić information content (AvgIpc) is 2.55. The van der Waals surface area contributed by atoms with Gasteiger partial charge in [-0.1, -0.05) is 24.3 Å². The molecule has 2 amide bonds. The van der Waals surface area contributed by atoms with Crippen molar-refractivity contribution in [3.05, 3.63) is 53.6 Å². The minimum absolute atomic E-state index is 0.106. The molecular weight excluding hydrogens is 344 g/mol. The number of esters is 1. The van der Waals surface area contributed by atoms with E-state index in [0.717, 1.165) is 11.1 Å². The van der Waals surface area contributed by atoms with Crippen LogP contribution in [0.25, 0.3) is 0 Å². The van der Waals surface area contributed by atoms with Crippen LogP contribution in [0.4, 0.5) is 16.2 Å². The zero-order valence-corrected chi connectivity index (χ0v) is 16.4. The highest BCUT2D eigenvalue weighted by atomic mass is 16.6. The molecule has 0 saturated heterocycles. The lowest BCUT2D eigenvalue weighted by molar-refractivity contribution is -0.153. The van der Waals surface area contributed by atoms with Gasteiger partial charge in [0.25, 0.3) is 0 Å². The topological polar surface area (TPSA) is 81.9 Å². The average molecular weight is 370 g/mol. The van der Waals surface area contributed by atoms with Crippen molar-refractivity contribution in [2.75, 3.05) is 12.0 Å². The number of carbonyl (C=O) groups is 2. The van der Waals surface area contributed by atoms with Crippen LogP contribution in [0.2, 0.25) is 0 Å². The molecule has 27 heavy (non-hydrogen) atoms. The molecule has 0 spiro atoms. The van der Waals surface area contributed by atoms with Crippen LogP contribution < -0.4 is 15.4 Å². The van der Waals surface area contributed by atoms with E-state index in [4.69, 9.17) is 15.2 Å². The van der Waals surface area contributed by atoms with Crippen LogP contribution in [-0.2, 0) is 16.0 Å². The monoisotopic (exact) mass is 370 g/mol. The summed E-state index contributed by atoms with van der Waals surface area (Å²) >= 11 is 0. The van der Waals surface area contributed by atoms with Gasteiger partial charge < -0.3 is 15.2 Å². The van der Waals surface area contributed by atoms with Crippen LogP contribution in [0.3, 0.4) is 0 Å². The number of methoxy groups -OCH3 is 1. The Kier molecular flexibility index (Phi) is 6.10. The number of carbonyl (C=O) groups excluding carboxylic acids is 2. The van der Waals surface area contributed by atoms with Crippen LogP contribution in [-0.4, -0.2) is 24.7 Å². The van der Waals surface area contributed by atoms with E-state index in [1.165, 1.54) is 12.0 Å². The summed E-state index contributed by atoms with van der Waals surface area (Å²) in [5, 5.41) is 0. The summed E-state index contributed by atoms with van der Waals surface area (Å²) in [5.41, 5.74) is 7.89. The quantitative estimate of drug-likeness (QED) is 0.803. The Bertz CT molecular complexity index is 840. The van der Waals surface area contributed by atoms with Crippen LogP contribution in [0.5, 0.6) is 5.75 Å². The van der Waals surface area contributed by atoms with Gasteiger partial charge in [-0.25, -0.2) is 4.79 Å². The maximum absolute atomic E-state index is 12.2. The minimum Gasteiger partial charge on any atom is -0.495 e. The Labute approximate surface area is 159 Å². The molecule has 0 saturated carbocycles. The van der Waals surface area contributed by atoms with E-state index >= 15 is 0 Å². The van der Waals surface area contributed by atoms with E-state index in [9.17, 15) is 9.59 Å². The first kappa shape index (κ1) is 20.3. The standard InChI is InChI=1S/C21H26N2O4/c1-14-8-6-7-9-16(14)23(20(22)25)17-11-10-15(12-18(17)26-5)13-19(24)27-21(2,3)4/h6-12H,13H2,1-5H3,(H2,22,25). The largest absolute Gasteiger partial charge is 0.495 e. The number of urea groups is 1. The van der Waals surface area contributed by atoms with Gasteiger partial charge in [-0.2, -0.15) is 0 Å². The second-order valence-corrected chi connectivity index (χ2v) is 7.23. The Morgan fingerprint density at radius 2 is 1.74 bits per heavy atom. The second-order valence-electron chi connectivity index (χ2n) is 7.23. The molecule has 2 N–H and O–H groups in total. The van der Waals surface area contributed by atoms with Crippen LogP contribution in [0.1, 0.15) is 31.9 Å². The highest BCUT2D eigenvalue weighted by Crippen LogP contribution is 2.36. The van der Waals surface area contributed by atoms with Crippen molar-refractivity contribution in [1.29, 1.82) is 0 Å². The third-order valence-corrected chi connectivity index (χ3v) is 3.83. The van der Waals surface area contributed by atoms with Crippen LogP contribution in [0, 0.1) is 6.92 Å². The molecule has 0 atom stereocenters. The molecule has 0 aliphatic carbocycles. The number of ether oxygens (including phenoxy) is 2. The van der Waals surface area contributed by atoms with Gasteiger partial charge in [-0.3, -0.25) is 9.69 Å². The molecule has 0 aromatic heterocycles. The lowest BCUT2D eigenvalue weighted by Gasteiger charge is -2.25. The number of amides is 2. The fourth-order valence-corrected chi connectivity index (χ4v) is 2.74. The van der Waals surface area contributed by atoms with E-state index in [1.807, 2.05) is 52.0 Å². The molecular formula is C21H26N2O4. The normalized spacial score (nSPS) is 11.0. The number of nitrogens with two attached hydrogens (primary N) is 1. The number of hydrogen-bond donors (Lipinski definition) is 1. The molecule has 144 valence electrons. The third-order valence-electron chi connectivity index (χ3n) is 3.83. The summed E-state index contributed by atoms with van der Waals surface area (Å²) in [6.45, 7) is 7.36. The molecule has 2 rings (SSSR count). The smallest absolute Gasteiger partial charge is 0.324 e. The fraction of sp³-hybridized carbons (Fsp3) is 0.333. The van der Waals surface area contributed by atoms with Gasteiger partial charge in [0.2, 0.25) is 0 Å². The van der Waals surface area contributed by atoms with Crippen molar-refractivity contribution in [3.8, 4) is 5.75 Å². The van der Waals surface area contributed by atoms with Gasteiger partial charge in [0.15, 0.2) is 0 Å². The SMILES string of the molecule is COc1cc(CC(=O)OC(C)(C)C)ccc1N(C(N)=O)c1ccccc1C. The first-order valence-corrected chi connectivity index (χ1v) is 8.66. The van der Waals surface area contributed by atoms with Crippen LogP contribution >= 0.6 is 0 Å². The molecule has 0 unspecified atom stereocenters. The summed E-state index contributed by atoms with van der Waals surface area (Å²) in [4.78, 5) is 25.6. The summed E-state index contributed by atoms with van der Waals surface area (Å²) in [6, 6.07) is 12.0. The van der Waals surface area contributed by atoms with E-state index in [0.29, 0.717) is 17.1 Å². The Morgan fingerprint density at radius 3 is 2.30 bits per heavy atom. The summed E-state index contributed by atoms with van der Waals surface area (Å²) in [6.07, 6.45) is 0.106. The van der Waals surface area contributed by atoms with Crippen molar-refractivity contribution >= 4 is 23.4 Å². The number of rotatable bonds is 5. The Hall–Kier alpha value is -3.02. The molecule has 2 aromatic carbocycles. The number of primary amides is 1. The number of hydrogen-bond acceptors (Lipinski definition) is 4. The highest BCUT2D eigenvalue weighted by molar-refractivity contribution is 6.00. The Morgan fingerprint density at radius 1 is 1.07 bits per heavy atom. The minimum atomic E-state index is -0.623. The van der Waals surface area contributed by atoms with Gasteiger partial charge >= 0.3 is 12.0 Å². The van der Waals surface area contributed by atoms with E-state index in [-0.39, 0.29) is 12.4 Å². The molecule has 0 fully saturated rings. The molecule has 2 aromatic rings. The van der Waals surface area contributed by atoms with Crippen molar-refractivity contribution in [2.45, 2.75) is 39.7 Å². The van der Waals surface area contributed by atoms with Crippen molar-refractivity contribution in [3.63, 3.8) is 0 Å². The third kappa shape index (κ3) is 5.23. The summed E-state index contributed by atoms with van der Waals surface area (Å²) in [5.74, 6) is 0.112. The van der Waals surface area contributed by atoms with E-state index in [2.05, 4.69) is 0 Å². The predicted molar refractivity (Wildman–Crippen MR) is 105 cm³/mol. The first-order chi connectivity index (χ1) is 12.6. The van der Waals surface area contributed by atoms with Gasteiger partial charge in [-0.15, -0.1) is 0 Å². The lowest BCUT2D eigenvalue weighted by atomic mass is 10.1. The maximum atomic E-state index is 12.2. The summed E-state index contributed by atoms with van der Waals surface area (Å²) < 4.78 is 10.8. The Balaban J connectivity index is 2.38. The van der Waals surface area contributed by atoms with Gasteiger partial charge in [-0.05, 0) is 57.0 Å². The predicted octanol–water partition coefficient (Wildman–Crippen LogP) is 4.10. The first-order valence-electron chi connectivity index (χ1n) is 8.66. The van der Waals surface area contributed by atoms with Crippen molar-refractivity contribution < 1.29 is 19.1 Å².